The van der Waals surface area contributed by atoms with Gasteiger partial charge in [-0.3, -0.25) is 0 Å². The molecule has 1 aromatic rings. The van der Waals surface area contributed by atoms with Crippen molar-refractivity contribution < 1.29 is 13.2 Å². The molecule has 1 unspecified atom stereocenters. The van der Waals surface area contributed by atoms with Crippen LogP contribution in [0.15, 0.2) is 23.1 Å². The zero-order valence-electron chi connectivity index (χ0n) is 11.7. The van der Waals surface area contributed by atoms with Crippen LogP contribution in [-0.2, 0) is 10.0 Å². The highest BCUT2D eigenvalue weighted by Gasteiger charge is 2.31. The van der Waals surface area contributed by atoms with E-state index in [1.54, 1.807) is 6.07 Å². The Labute approximate surface area is 124 Å². The van der Waals surface area contributed by atoms with Gasteiger partial charge in [0.2, 0.25) is 10.0 Å². The van der Waals surface area contributed by atoms with Crippen LogP contribution in [0.25, 0.3) is 0 Å². The first-order valence-electron chi connectivity index (χ1n) is 6.43. The molecule has 1 heterocycles. The summed E-state index contributed by atoms with van der Waals surface area (Å²) >= 11 is 1.81. The third-order valence-corrected chi connectivity index (χ3v) is 6.39. The fourth-order valence-electron chi connectivity index (χ4n) is 2.21. The third-order valence-electron chi connectivity index (χ3n) is 3.41. The van der Waals surface area contributed by atoms with Crippen LogP contribution in [0.1, 0.15) is 19.8 Å². The van der Waals surface area contributed by atoms with Gasteiger partial charge in [0.05, 0.1) is 7.11 Å². The first kappa shape index (κ1) is 15.5. The maximum atomic E-state index is 12.4. The number of hydrogen-bond acceptors (Lipinski definition) is 5. The van der Waals surface area contributed by atoms with Crippen LogP contribution < -0.4 is 15.2 Å². The Balaban J connectivity index is 2.18. The molecule has 3 N–H and O–H groups in total. The summed E-state index contributed by atoms with van der Waals surface area (Å²) in [7, 11) is -2.16. The molecule has 0 radical (unpaired) electrons. The van der Waals surface area contributed by atoms with Gasteiger partial charge in [-0.15, -0.1) is 0 Å². The molecule has 0 saturated carbocycles. The highest BCUT2D eigenvalue weighted by molar-refractivity contribution is 8.01. The van der Waals surface area contributed by atoms with Crippen molar-refractivity contribution in [3.05, 3.63) is 18.2 Å². The van der Waals surface area contributed by atoms with Gasteiger partial charge in [-0.05, 0) is 37.7 Å². The van der Waals surface area contributed by atoms with Crippen molar-refractivity contribution in [1.82, 2.24) is 4.72 Å². The first-order valence-corrected chi connectivity index (χ1v) is 8.90. The lowest BCUT2D eigenvalue weighted by molar-refractivity contribution is 0.402. The normalized spacial score (nSPS) is 22.9. The topological polar surface area (TPSA) is 81.4 Å². The lowest BCUT2D eigenvalue weighted by Crippen LogP contribution is -2.36. The molecule has 2 rings (SSSR count). The molecule has 20 heavy (non-hydrogen) atoms. The number of hydrogen-bond donors (Lipinski definition) is 2. The molecule has 1 aromatic carbocycles. The monoisotopic (exact) mass is 316 g/mol. The van der Waals surface area contributed by atoms with Crippen molar-refractivity contribution in [2.75, 3.05) is 25.1 Å². The minimum Gasteiger partial charge on any atom is -0.495 e. The zero-order chi connectivity index (χ0) is 14.8. The quantitative estimate of drug-likeness (QED) is 0.810. The third kappa shape index (κ3) is 3.39. The van der Waals surface area contributed by atoms with Gasteiger partial charge in [0.1, 0.15) is 10.6 Å². The van der Waals surface area contributed by atoms with Gasteiger partial charge in [-0.25, -0.2) is 13.1 Å². The lowest BCUT2D eigenvalue weighted by atomic mass is 10.1. The van der Waals surface area contributed by atoms with Gasteiger partial charge >= 0.3 is 0 Å². The summed E-state index contributed by atoms with van der Waals surface area (Å²) < 4.78 is 32.5. The van der Waals surface area contributed by atoms with Crippen molar-refractivity contribution in [1.29, 1.82) is 0 Å². The molecule has 0 aliphatic carbocycles. The molecule has 1 aliphatic heterocycles. The molecule has 1 fully saturated rings. The van der Waals surface area contributed by atoms with E-state index in [0.29, 0.717) is 12.2 Å². The number of sulfonamides is 1. The summed E-state index contributed by atoms with van der Waals surface area (Å²) in [6.07, 6.45) is 2.16. The van der Waals surface area contributed by atoms with Gasteiger partial charge in [-0.1, -0.05) is 0 Å². The molecule has 0 aromatic heterocycles. The molecule has 0 spiro atoms. The number of benzene rings is 1. The van der Waals surface area contributed by atoms with Crippen LogP contribution in [0.4, 0.5) is 5.69 Å². The molecule has 112 valence electrons. The highest BCUT2D eigenvalue weighted by atomic mass is 32.2. The first-order chi connectivity index (χ1) is 9.36. The number of nitrogens with one attached hydrogen (secondary N) is 1. The minimum absolute atomic E-state index is 0.0197. The number of thioether (sulfide) groups is 1. The second kappa shape index (κ2) is 5.83. The second-order valence-corrected chi connectivity index (χ2v) is 8.55. The van der Waals surface area contributed by atoms with Crippen molar-refractivity contribution in [3.8, 4) is 5.75 Å². The Morgan fingerprint density at radius 2 is 2.25 bits per heavy atom. The molecule has 5 nitrogen and oxygen atoms in total. The standard InChI is InChI=1S/C13H20N2O3S2/c1-13(6-3-7-19-13)9-15-20(16,17)12-5-4-10(14)8-11(12)18-2/h4-5,8,15H,3,6-7,9,14H2,1-2H3. The van der Waals surface area contributed by atoms with Gasteiger partial charge in [0.25, 0.3) is 0 Å². The summed E-state index contributed by atoms with van der Waals surface area (Å²) in [5.74, 6) is 1.35. The molecule has 0 amide bonds. The van der Waals surface area contributed by atoms with Gasteiger partial charge < -0.3 is 10.5 Å². The number of rotatable bonds is 5. The van der Waals surface area contributed by atoms with E-state index < -0.39 is 10.0 Å². The Morgan fingerprint density at radius 1 is 1.50 bits per heavy atom. The molecule has 1 atom stereocenters. The van der Waals surface area contributed by atoms with Crippen LogP contribution in [-0.4, -0.2) is 32.6 Å². The van der Waals surface area contributed by atoms with Crippen molar-refractivity contribution in [2.45, 2.75) is 29.4 Å². The number of methoxy groups -OCH3 is 1. The van der Waals surface area contributed by atoms with E-state index in [9.17, 15) is 8.42 Å². The maximum absolute atomic E-state index is 12.4. The van der Waals surface area contributed by atoms with Crippen LogP contribution in [0, 0.1) is 0 Å². The fraction of sp³-hybridized carbons (Fsp3) is 0.538. The van der Waals surface area contributed by atoms with Crippen LogP contribution in [0.3, 0.4) is 0 Å². The average Bonchev–Trinajstić information content (AvgIpc) is 2.84. The Kier molecular flexibility index (Phi) is 4.51. The maximum Gasteiger partial charge on any atom is 0.244 e. The fourth-order valence-corrected chi connectivity index (χ4v) is 4.86. The Bertz CT molecular complexity index is 581. The van der Waals surface area contributed by atoms with Crippen molar-refractivity contribution in [3.63, 3.8) is 0 Å². The lowest BCUT2D eigenvalue weighted by Gasteiger charge is -2.23. The van der Waals surface area contributed by atoms with Gasteiger partial charge in [0.15, 0.2) is 0 Å². The average molecular weight is 316 g/mol. The van der Waals surface area contributed by atoms with Gasteiger partial charge in [-0.2, -0.15) is 11.8 Å². The number of nitrogen functional groups attached to an aromatic ring is 1. The predicted molar refractivity (Wildman–Crippen MR) is 82.7 cm³/mol. The molecule has 7 heteroatoms. The van der Waals surface area contributed by atoms with E-state index in [0.717, 1.165) is 18.6 Å². The summed E-state index contributed by atoms with van der Waals surface area (Å²) in [4.78, 5) is 0.126. The number of nitrogens with two attached hydrogens (primary N) is 1. The Morgan fingerprint density at radius 3 is 2.85 bits per heavy atom. The van der Waals surface area contributed by atoms with Crippen LogP contribution in [0.5, 0.6) is 5.75 Å². The number of anilines is 1. The molecule has 0 bridgehead atoms. The minimum atomic E-state index is -3.59. The molecular weight excluding hydrogens is 296 g/mol. The van der Waals surface area contributed by atoms with Crippen LogP contribution >= 0.6 is 11.8 Å². The summed E-state index contributed by atoms with van der Waals surface area (Å²) in [6, 6.07) is 4.55. The zero-order valence-corrected chi connectivity index (χ0v) is 13.3. The molecule has 1 saturated heterocycles. The summed E-state index contributed by atoms with van der Waals surface area (Å²) in [5, 5.41) is 0. The van der Waals surface area contributed by atoms with Crippen molar-refractivity contribution >= 4 is 27.5 Å². The smallest absolute Gasteiger partial charge is 0.244 e. The van der Waals surface area contributed by atoms with E-state index in [2.05, 4.69) is 11.6 Å². The molecular formula is C13H20N2O3S2. The van der Waals surface area contributed by atoms with E-state index in [-0.39, 0.29) is 15.4 Å². The highest BCUT2D eigenvalue weighted by Crippen LogP contribution is 2.37. The molecule has 1 aliphatic rings. The van der Waals surface area contributed by atoms with Crippen molar-refractivity contribution in [2.24, 2.45) is 0 Å². The second-order valence-electron chi connectivity index (χ2n) is 5.14. The summed E-state index contributed by atoms with van der Waals surface area (Å²) in [6.45, 7) is 2.51. The SMILES string of the molecule is COc1cc(N)ccc1S(=O)(=O)NCC1(C)CCCS1. The number of ether oxygens (including phenoxy) is 1. The predicted octanol–water partition coefficient (Wildman–Crippen LogP) is 1.84. The van der Waals surface area contributed by atoms with E-state index >= 15 is 0 Å². The van der Waals surface area contributed by atoms with E-state index in [1.807, 2.05) is 11.8 Å². The summed E-state index contributed by atoms with van der Waals surface area (Å²) in [5.41, 5.74) is 6.11. The van der Waals surface area contributed by atoms with E-state index in [1.165, 1.54) is 19.2 Å². The largest absolute Gasteiger partial charge is 0.495 e. The van der Waals surface area contributed by atoms with Crippen LogP contribution in [0.2, 0.25) is 0 Å². The Hall–Kier alpha value is -0.920. The van der Waals surface area contributed by atoms with E-state index in [4.69, 9.17) is 10.5 Å². The van der Waals surface area contributed by atoms with Gasteiger partial charge in [0, 0.05) is 23.0 Å².